The molecule has 0 amide bonds. The summed E-state index contributed by atoms with van der Waals surface area (Å²) in [6, 6.07) is 6.29. The van der Waals surface area contributed by atoms with Crippen LogP contribution >= 0.6 is 11.8 Å². The smallest absolute Gasteiger partial charge is 0.226 e. The lowest BCUT2D eigenvalue weighted by molar-refractivity contribution is 0.514. The molecule has 0 bridgehead atoms. The van der Waals surface area contributed by atoms with E-state index < -0.39 is 0 Å². The highest BCUT2D eigenvalue weighted by atomic mass is 32.2. The van der Waals surface area contributed by atoms with Crippen molar-refractivity contribution < 1.29 is 8.81 Å². The first-order valence-corrected chi connectivity index (χ1v) is 4.96. The van der Waals surface area contributed by atoms with Gasteiger partial charge in [0.2, 0.25) is 12.3 Å². The zero-order valence-electron chi connectivity index (χ0n) is 7.18. The predicted octanol–water partition coefficient (Wildman–Crippen LogP) is 2.50. The molecule has 0 unspecified atom stereocenters. The van der Waals surface area contributed by atoms with E-state index in [0.29, 0.717) is 11.6 Å². The summed E-state index contributed by atoms with van der Waals surface area (Å²) in [5.41, 5.74) is 0. The average molecular weight is 210 g/mol. The number of benzene rings is 1. The van der Waals surface area contributed by atoms with Crippen LogP contribution in [0.25, 0.3) is 0 Å². The maximum atomic E-state index is 12.6. The quantitative estimate of drug-likeness (QED) is 0.729. The number of hydrogen-bond acceptors (Lipinski definition) is 4. The molecular formula is C9H7FN2OS. The Kier molecular flexibility index (Phi) is 2.78. The molecule has 1 aromatic carbocycles. The monoisotopic (exact) mass is 210 g/mol. The van der Waals surface area contributed by atoms with Gasteiger partial charge in [0.15, 0.2) is 0 Å². The van der Waals surface area contributed by atoms with Gasteiger partial charge in [-0.15, -0.1) is 22.0 Å². The minimum Gasteiger partial charge on any atom is -0.427 e. The van der Waals surface area contributed by atoms with Gasteiger partial charge >= 0.3 is 0 Å². The van der Waals surface area contributed by atoms with Crippen LogP contribution < -0.4 is 0 Å². The minimum absolute atomic E-state index is 0.229. The molecule has 0 aliphatic heterocycles. The van der Waals surface area contributed by atoms with Crippen LogP contribution in [0.3, 0.4) is 0 Å². The van der Waals surface area contributed by atoms with Gasteiger partial charge in [-0.1, -0.05) is 0 Å². The SMILES string of the molecule is Fc1ccc(SCc2nnco2)cc1. The second-order valence-electron chi connectivity index (χ2n) is 2.58. The van der Waals surface area contributed by atoms with E-state index >= 15 is 0 Å². The molecule has 0 aliphatic carbocycles. The summed E-state index contributed by atoms with van der Waals surface area (Å²) in [4.78, 5) is 0.976. The van der Waals surface area contributed by atoms with E-state index in [1.54, 1.807) is 12.1 Å². The van der Waals surface area contributed by atoms with E-state index in [-0.39, 0.29) is 5.82 Å². The van der Waals surface area contributed by atoms with Crippen LogP contribution in [-0.2, 0) is 5.75 Å². The summed E-state index contributed by atoms with van der Waals surface area (Å²) in [7, 11) is 0. The molecule has 0 spiro atoms. The fourth-order valence-corrected chi connectivity index (χ4v) is 1.68. The number of hydrogen-bond donors (Lipinski definition) is 0. The average Bonchev–Trinajstić information content (AvgIpc) is 2.70. The largest absolute Gasteiger partial charge is 0.427 e. The van der Waals surface area contributed by atoms with Crippen LogP contribution in [0.2, 0.25) is 0 Å². The highest BCUT2D eigenvalue weighted by Crippen LogP contribution is 2.21. The lowest BCUT2D eigenvalue weighted by atomic mass is 10.4. The summed E-state index contributed by atoms with van der Waals surface area (Å²) < 4.78 is 17.5. The topological polar surface area (TPSA) is 38.9 Å². The maximum Gasteiger partial charge on any atom is 0.226 e. The molecule has 2 rings (SSSR count). The van der Waals surface area contributed by atoms with E-state index in [2.05, 4.69) is 10.2 Å². The summed E-state index contributed by atoms with van der Waals surface area (Å²) in [5.74, 6) is 0.942. The Hall–Kier alpha value is -1.36. The van der Waals surface area contributed by atoms with Crippen LogP contribution in [0.4, 0.5) is 4.39 Å². The number of thioether (sulfide) groups is 1. The van der Waals surface area contributed by atoms with Gasteiger partial charge in [-0.05, 0) is 24.3 Å². The van der Waals surface area contributed by atoms with Gasteiger partial charge in [-0.3, -0.25) is 0 Å². The molecule has 5 heteroatoms. The van der Waals surface area contributed by atoms with Crippen molar-refractivity contribution in [3.8, 4) is 0 Å². The van der Waals surface area contributed by atoms with Crippen molar-refractivity contribution in [2.45, 2.75) is 10.6 Å². The first-order chi connectivity index (χ1) is 6.84. The minimum atomic E-state index is -0.229. The molecule has 0 saturated heterocycles. The Bertz CT molecular complexity index is 388. The highest BCUT2D eigenvalue weighted by Gasteiger charge is 2.00. The Morgan fingerprint density at radius 1 is 1.29 bits per heavy atom. The number of aromatic nitrogens is 2. The van der Waals surface area contributed by atoms with Crippen molar-refractivity contribution in [1.29, 1.82) is 0 Å². The van der Waals surface area contributed by atoms with Crippen molar-refractivity contribution >= 4 is 11.8 Å². The predicted molar refractivity (Wildman–Crippen MR) is 50.3 cm³/mol. The summed E-state index contributed by atoms with van der Waals surface area (Å²) in [6.45, 7) is 0. The van der Waals surface area contributed by atoms with E-state index in [9.17, 15) is 4.39 Å². The Morgan fingerprint density at radius 3 is 2.71 bits per heavy atom. The van der Waals surface area contributed by atoms with Crippen molar-refractivity contribution in [2.75, 3.05) is 0 Å². The molecule has 0 radical (unpaired) electrons. The second-order valence-corrected chi connectivity index (χ2v) is 3.62. The summed E-state index contributed by atoms with van der Waals surface area (Å²) >= 11 is 1.52. The molecule has 0 atom stereocenters. The van der Waals surface area contributed by atoms with Gasteiger partial charge in [0.05, 0.1) is 5.75 Å². The van der Waals surface area contributed by atoms with Crippen molar-refractivity contribution in [1.82, 2.24) is 10.2 Å². The van der Waals surface area contributed by atoms with Crippen LogP contribution in [0.15, 0.2) is 40.0 Å². The van der Waals surface area contributed by atoms with Gasteiger partial charge in [-0.2, -0.15) is 0 Å². The number of nitrogens with zero attached hydrogens (tertiary/aromatic N) is 2. The fourth-order valence-electron chi connectivity index (χ4n) is 0.935. The summed E-state index contributed by atoms with van der Waals surface area (Å²) in [6.07, 6.45) is 1.29. The molecular weight excluding hydrogens is 203 g/mol. The van der Waals surface area contributed by atoms with Crippen LogP contribution in [0.1, 0.15) is 5.89 Å². The van der Waals surface area contributed by atoms with Gasteiger partial charge in [0.1, 0.15) is 5.82 Å². The molecule has 0 N–H and O–H groups in total. The van der Waals surface area contributed by atoms with Crippen molar-refractivity contribution in [3.05, 3.63) is 42.4 Å². The van der Waals surface area contributed by atoms with E-state index in [1.165, 1.54) is 30.3 Å². The van der Waals surface area contributed by atoms with Crippen molar-refractivity contribution in [2.24, 2.45) is 0 Å². The first-order valence-electron chi connectivity index (χ1n) is 3.98. The molecule has 0 fully saturated rings. The molecule has 2 aromatic rings. The third kappa shape index (κ3) is 2.32. The molecule has 3 nitrogen and oxygen atoms in total. The molecule has 0 saturated carbocycles. The molecule has 72 valence electrons. The fraction of sp³-hybridized carbons (Fsp3) is 0.111. The third-order valence-corrected chi connectivity index (χ3v) is 2.58. The van der Waals surface area contributed by atoms with E-state index in [4.69, 9.17) is 4.42 Å². The zero-order chi connectivity index (χ0) is 9.80. The van der Waals surface area contributed by atoms with Gasteiger partial charge in [0, 0.05) is 4.90 Å². The molecule has 1 aromatic heterocycles. The lowest BCUT2D eigenvalue weighted by Gasteiger charge is -1.97. The highest BCUT2D eigenvalue weighted by molar-refractivity contribution is 7.98. The lowest BCUT2D eigenvalue weighted by Crippen LogP contribution is -1.81. The second kappa shape index (κ2) is 4.23. The van der Waals surface area contributed by atoms with Crippen molar-refractivity contribution in [3.63, 3.8) is 0 Å². The first kappa shape index (κ1) is 9.21. The van der Waals surface area contributed by atoms with Gasteiger partial charge < -0.3 is 4.42 Å². The van der Waals surface area contributed by atoms with Crippen LogP contribution in [-0.4, -0.2) is 10.2 Å². The Labute approximate surface area is 84.3 Å². The van der Waals surface area contributed by atoms with E-state index in [0.717, 1.165) is 4.90 Å². The molecule has 14 heavy (non-hydrogen) atoms. The molecule has 1 heterocycles. The zero-order valence-corrected chi connectivity index (χ0v) is 8.00. The molecule has 0 aliphatic rings. The Morgan fingerprint density at radius 2 is 2.07 bits per heavy atom. The van der Waals surface area contributed by atoms with Crippen LogP contribution in [0.5, 0.6) is 0 Å². The normalized spacial score (nSPS) is 10.4. The Balaban J connectivity index is 1.95. The van der Waals surface area contributed by atoms with Crippen LogP contribution in [0, 0.1) is 5.82 Å². The van der Waals surface area contributed by atoms with E-state index in [1.807, 2.05) is 0 Å². The van der Waals surface area contributed by atoms with Gasteiger partial charge in [0.25, 0.3) is 0 Å². The van der Waals surface area contributed by atoms with Gasteiger partial charge in [-0.25, -0.2) is 4.39 Å². The number of halogens is 1. The maximum absolute atomic E-state index is 12.6. The standard InChI is InChI=1S/C9H7FN2OS/c10-7-1-3-8(4-2-7)14-5-9-12-11-6-13-9/h1-4,6H,5H2. The third-order valence-electron chi connectivity index (χ3n) is 1.58. The summed E-state index contributed by atoms with van der Waals surface area (Å²) in [5, 5.41) is 7.30. The number of rotatable bonds is 3.